The van der Waals surface area contributed by atoms with Gasteiger partial charge in [-0.2, -0.15) is 10.1 Å². The number of aryl methyl sites for hydroxylation is 2. The molecule has 4 aromatic rings. The third-order valence-electron chi connectivity index (χ3n) is 4.86. The van der Waals surface area contributed by atoms with Crippen LogP contribution in [0.1, 0.15) is 43.0 Å². The Morgan fingerprint density at radius 1 is 1.14 bits per heavy atom. The van der Waals surface area contributed by atoms with Gasteiger partial charge in [0.15, 0.2) is 5.65 Å². The molecule has 144 valence electrons. The van der Waals surface area contributed by atoms with E-state index in [9.17, 15) is 0 Å². The fourth-order valence-corrected chi connectivity index (χ4v) is 4.13. The maximum Gasteiger partial charge on any atom is 0.265 e. The molecule has 6 nitrogen and oxygen atoms in total. The molecule has 3 aromatic heterocycles. The van der Waals surface area contributed by atoms with Crippen molar-refractivity contribution in [1.82, 2.24) is 19.7 Å². The molecule has 0 radical (unpaired) electrons. The zero-order valence-electron chi connectivity index (χ0n) is 16.2. The third kappa shape index (κ3) is 3.75. The number of para-hydroxylation sites is 1. The SMILES string of the molecule is CCCCCCn1c2ccccc2c2nnc(N/N=C/c3sccc3C)nc21. The van der Waals surface area contributed by atoms with Crippen LogP contribution in [0.2, 0.25) is 0 Å². The molecule has 0 saturated heterocycles. The van der Waals surface area contributed by atoms with E-state index < -0.39 is 0 Å². The minimum absolute atomic E-state index is 0.413. The fourth-order valence-electron chi connectivity index (χ4n) is 3.34. The molecule has 0 aliphatic rings. The highest BCUT2D eigenvalue weighted by molar-refractivity contribution is 7.11. The standard InChI is InChI=1S/C21H24N6S/c1-3-4-5-8-12-27-17-10-7-6-9-16(17)19-20(27)23-21(26-24-19)25-22-14-18-15(2)11-13-28-18/h6-7,9-11,13-14H,3-5,8,12H2,1-2H3,(H,23,25,26)/b22-14+. The lowest BCUT2D eigenvalue weighted by atomic mass is 10.2. The molecule has 0 atom stereocenters. The highest BCUT2D eigenvalue weighted by atomic mass is 32.1. The molecule has 0 aliphatic heterocycles. The van der Waals surface area contributed by atoms with E-state index in [4.69, 9.17) is 4.98 Å². The Kier molecular flexibility index (Phi) is 5.62. The molecule has 0 spiro atoms. The van der Waals surface area contributed by atoms with E-state index in [-0.39, 0.29) is 0 Å². The van der Waals surface area contributed by atoms with Crippen molar-refractivity contribution >= 4 is 45.6 Å². The molecule has 0 unspecified atom stereocenters. The maximum atomic E-state index is 4.72. The summed E-state index contributed by atoms with van der Waals surface area (Å²) in [7, 11) is 0. The van der Waals surface area contributed by atoms with Crippen LogP contribution in [0.3, 0.4) is 0 Å². The van der Waals surface area contributed by atoms with Crippen LogP contribution in [0.15, 0.2) is 40.8 Å². The monoisotopic (exact) mass is 392 g/mol. The number of benzene rings is 1. The summed E-state index contributed by atoms with van der Waals surface area (Å²) < 4.78 is 2.26. The van der Waals surface area contributed by atoms with E-state index in [1.54, 1.807) is 17.6 Å². The number of hydrogen-bond donors (Lipinski definition) is 1. The quantitative estimate of drug-likeness (QED) is 0.248. The Hall–Kier alpha value is -2.80. The first-order valence-corrected chi connectivity index (χ1v) is 10.6. The number of hydrazone groups is 1. The molecule has 4 rings (SSSR count). The molecule has 7 heteroatoms. The Morgan fingerprint density at radius 3 is 2.86 bits per heavy atom. The van der Waals surface area contributed by atoms with Crippen LogP contribution >= 0.6 is 11.3 Å². The minimum atomic E-state index is 0.413. The summed E-state index contributed by atoms with van der Waals surface area (Å²) in [6.45, 7) is 5.23. The number of nitrogens with one attached hydrogen (secondary N) is 1. The van der Waals surface area contributed by atoms with Gasteiger partial charge in [0.2, 0.25) is 0 Å². The van der Waals surface area contributed by atoms with Gasteiger partial charge in [0.25, 0.3) is 5.95 Å². The summed E-state index contributed by atoms with van der Waals surface area (Å²) in [5.74, 6) is 0.413. The summed E-state index contributed by atoms with van der Waals surface area (Å²) in [4.78, 5) is 5.84. The smallest absolute Gasteiger partial charge is 0.265 e. The van der Waals surface area contributed by atoms with Crippen LogP contribution in [0.4, 0.5) is 5.95 Å². The first kappa shape index (κ1) is 18.6. The van der Waals surface area contributed by atoms with Gasteiger partial charge in [-0.1, -0.05) is 44.4 Å². The van der Waals surface area contributed by atoms with Crippen molar-refractivity contribution in [2.45, 2.75) is 46.1 Å². The second-order valence-corrected chi connectivity index (χ2v) is 7.82. The fraction of sp³-hybridized carbons (Fsp3) is 0.333. The lowest BCUT2D eigenvalue weighted by Crippen LogP contribution is -2.03. The highest BCUT2D eigenvalue weighted by Crippen LogP contribution is 2.27. The second-order valence-electron chi connectivity index (χ2n) is 6.87. The Balaban J connectivity index is 1.64. The van der Waals surface area contributed by atoms with Gasteiger partial charge in [-0.3, -0.25) is 0 Å². The summed E-state index contributed by atoms with van der Waals surface area (Å²) in [5.41, 5.74) is 6.99. The van der Waals surface area contributed by atoms with Crippen molar-refractivity contribution in [1.29, 1.82) is 0 Å². The van der Waals surface area contributed by atoms with E-state index in [1.165, 1.54) is 24.8 Å². The van der Waals surface area contributed by atoms with Gasteiger partial charge in [-0.25, -0.2) is 5.43 Å². The zero-order valence-corrected chi connectivity index (χ0v) is 17.0. The Labute approximate surface area is 168 Å². The maximum absolute atomic E-state index is 4.72. The molecular formula is C21H24N6S. The molecule has 28 heavy (non-hydrogen) atoms. The van der Waals surface area contributed by atoms with Crippen molar-refractivity contribution in [2.24, 2.45) is 5.10 Å². The first-order valence-electron chi connectivity index (χ1n) is 9.72. The summed E-state index contributed by atoms with van der Waals surface area (Å²) >= 11 is 1.66. The van der Waals surface area contributed by atoms with E-state index in [1.807, 2.05) is 6.07 Å². The number of unbranched alkanes of at least 4 members (excludes halogenated alkanes) is 3. The number of anilines is 1. The molecular weight excluding hydrogens is 368 g/mol. The molecule has 0 aliphatic carbocycles. The van der Waals surface area contributed by atoms with Gasteiger partial charge in [0.1, 0.15) is 5.52 Å². The van der Waals surface area contributed by atoms with E-state index in [2.05, 4.69) is 68.8 Å². The Bertz CT molecular complexity index is 1110. The van der Waals surface area contributed by atoms with Crippen molar-refractivity contribution in [3.8, 4) is 0 Å². The van der Waals surface area contributed by atoms with Crippen molar-refractivity contribution < 1.29 is 0 Å². The lowest BCUT2D eigenvalue weighted by molar-refractivity contribution is 0.600. The summed E-state index contributed by atoms with van der Waals surface area (Å²) in [6, 6.07) is 10.4. The van der Waals surface area contributed by atoms with Gasteiger partial charge in [-0.05, 0) is 36.4 Å². The topological polar surface area (TPSA) is 68.0 Å². The number of thiophene rings is 1. The van der Waals surface area contributed by atoms with Crippen LogP contribution in [0.25, 0.3) is 22.1 Å². The van der Waals surface area contributed by atoms with Gasteiger partial charge >= 0.3 is 0 Å². The third-order valence-corrected chi connectivity index (χ3v) is 5.81. The second kappa shape index (κ2) is 8.48. The summed E-state index contributed by atoms with van der Waals surface area (Å²) in [6.07, 6.45) is 6.64. The van der Waals surface area contributed by atoms with Crippen molar-refractivity contribution in [3.05, 3.63) is 46.2 Å². The van der Waals surface area contributed by atoms with Gasteiger partial charge in [-0.15, -0.1) is 21.5 Å². The minimum Gasteiger partial charge on any atom is -0.324 e. The molecule has 1 N–H and O–H groups in total. The van der Waals surface area contributed by atoms with Crippen LogP contribution in [0.5, 0.6) is 0 Å². The van der Waals surface area contributed by atoms with E-state index in [0.29, 0.717) is 5.95 Å². The molecule has 0 saturated carbocycles. The number of aromatic nitrogens is 4. The van der Waals surface area contributed by atoms with Gasteiger partial charge in [0, 0.05) is 16.8 Å². The zero-order chi connectivity index (χ0) is 19.3. The average Bonchev–Trinajstić information content (AvgIpc) is 3.26. The molecule has 0 amide bonds. The largest absolute Gasteiger partial charge is 0.324 e. The average molecular weight is 393 g/mol. The van der Waals surface area contributed by atoms with Crippen LogP contribution in [-0.2, 0) is 6.54 Å². The van der Waals surface area contributed by atoms with E-state index >= 15 is 0 Å². The van der Waals surface area contributed by atoms with Crippen LogP contribution < -0.4 is 5.43 Å². The molecule has 0 bridgehead atoms. The predicted octanol–water partition coefficient (Wildman–Crippen LogP) is 5.38. The Morgan fingerprint density at radius 2 is 2.04 bits per heavy atom. The number of fused-ring (bicyclic) bond motifs is 3. The number of rotatable bonds is 8. The van der Waals surface area contributed by atoms with Gasteiger partial charge in [0.05, 0.1) is 11.7 Å². The highest BCUT2D eigenvalue weighted by Gasteiger charge is 2.14. The lowest BCUT2D eigenvalue weighted by Gasteiger charge is -2.06. The number of nitrogens with zero attached hydrogens (tertiary/aromatic N) is 5. The molecule has 3 heterocycles. The molecule has 1 aromatic carbocycles. The molecule has 0 fully saturated rings. The van der Waals surface area contributed by atoms with Crippen molar-refractivity contribution in [3.63, 3.8) is 0 Å². The predicted molar refractivity (Wildman–Crippen MR) is 117 cm³/mol. The number of hydrogen-bond acceptors (Lipinski definition) is 6. The van der Waals surface area contributed by atoms with Crippen molar-refractivity contribution in [2.75, 3.05) is 5.43 Å². The van der Waals surface area contributed by atoms with Crippen LogP contribution in [0, 0.1) is 6.92 Å². The van der Waals surface area contributed by atoms with E-state index in [0.717, 1.165) is 39.9 Å². The van der Waals surface area contributed by atoms with Crippen LogP contribution in [-0.4, -0.2) is 26.0 Å². The van der Waals surface area contributed by atoms with Gasteiger partial charge < -0.3 is 4.57 Å². The summed E-state index contributed by atoms with van der Waals surface area (Å²) in [5, 5.41) is 16.1. The normalized spacial score (nSPS) is 11.8. The first-order chi connectivity index (χ1) is 13.8.